The van der Waals surface area contributed by atoms with E-state index >= 15 is 0 Å². The van der Waals surface area contributed by atoms with E-state index < -0.39 is 6.10 Å². The number of halogens is 1. The number of aliphatic hydroxyl groups excluding tert-OH is 1. The fourth-order valence-corrected chi connectivity index (χ4v) is 0.685. The number of hydrogen-bond donors (Lipinski definition) is 1. The summed E-state index contributed by atoms with van der Waals surface area (Å²) in [7, 11) is 0. The summed E-state index contributed by atoms with van der Waals surface area (Å²) in [5, 5.41) is 9.17. The second kappa shape index (κ2) is 7.59. The van der Waals surface area contributed by atoms with Crippen LogP contribution in [0, 0.1) is 11.8 Å². The van der Waals surface area contributed by atoms with Crippen molar-refractivity contribution >= 4 is 15.9 Å². The van der Waals surface area contributed by atoms with Crippen molar-refractivity contribution in [2.75, 3.05) is 0 Å². The molecule has 0 aromatic carbocycles. The molecule has 0 rings (SSSR count). The van der Waals surface area contributed by atoms with Gasteiger partial charge in [-0.2, -0.15) is 0 Å². The molecule has 0 saturated heterocycles. The minimum Gasteiger partial charge on any atom is -0.388 e. The zero-order valence-electron chi connectivity index (χ0n) is 6.42. The Kier molecular flexibility index (Phi) is 7.23. The molecular formula is C9H11BrO. The molecule has 0 saturated carbocycles. The van der Waals surface area contributed by atoms with Gasteiger partial charge >= 0.3 is 0 Å². The highest BCUT2D eigenvalue weighted by molar-refractivity contribution is 9.11. The maximum absolute atomic E-state index is 9.17. The highest BCUT2D eigenvalue weighted by Crippen LogP contribution is 1.93. The Morgan fingerprint density at radius 3 is 2.82 bits per heavy atom. The molecule has 0 aliphatic carbocycles. The van der Waals surface area contributed by atoms with E-state index in [1.807, 2.05) is 0 Å². The quantitative estimate of drug-likeness (QED) is 0.565. The van der Waals surface area contributed by atoms with E-state index in [0.717, 1.165) is 0 Å². The first-order valence-electron chi connectivity index (χ1n) is 3.32. The molecule has 2 heteroatoms. The van der Waals surface area contributed by atoms with Gasteiger partial charge in [-0.1, -0.05) is 34.2 Å². The molecule has 60 valence electrons. The molecule has 0 aliphatic heterocycles. The van der Waals surface area contributed by atoms with Gasteiger partial charge in [0.2, 0.25) is 0 Å². The summed E-state index contributed by atoms with van der Waals surface area (Å²) in [6.45, 7) is 1.76. The van der Waals surface area contributed by atoms with Crippen molar-refractivity contribution in [3.63, 3.8) is 0 Å². The largest absolute Gasteiger partial charge is 0.388 e. The van der Waals surface area contributed by atoms with Crippen molar-refractivity contribution < 1.29 is 5.11 Å². The van der Waals surface area contributed by atoms with Crippen LogP contribution in [0.5, 0.6) is 0 Å². The molecule has 0 aromatic heterocycles. The van der Waals surface area contributed by atoms with Gasteiger partial charge in [-0.25, -0.2) is 0 Å². The molecule has 0 radical (unpaired) electrons. The first kappa shape index (κ1) is 10.5. The highest BCUT2D eigenvalue weighted by Gasteiger charge is 1.91. The van der Waals surface area contributed by atoms with Crippen molar-refractivity contribution in [1.29, 1.82) is 0 Å². The molecular weight excluding hydrogens is 204 g/mol. The lowest BCUT2D eigenvalue weighted by atomic mass is 10.2. The summed E-state index contributed by atoms with van der Waals surface area (Å²) in [6.07, 6.45) is 5.32. The zero-order valence-corrected chi connectivity index (χ0v) is 8.01. The number of hydrogen-bond acceptors (Lipinski definition) is 1. The molecule has 0 aromatic rings. The van der Waals surface area contributed by atoms with Gasteiger partial charge in [0.1, 0.15) is 0 Å². The van der Waals surface area contributed by atoms with Gasteiger partial charge < -0.3 is 5.11 Å². The van der Waals surface area contributed by atoms with E-state index in [-0.39, 0.29) is 0 Å². The lowest BCUT2D eigenvalue weighted by Gasteiger charge is -1.95. The molecule has 0 unspecified atom stereocenters. The predicted molar refractivity (Wildman–Crippen MR) is 51.3 cm³/mol. The SMILES string of the molecule is CC#CC[C@@H](O)/C=C/C=C/Br. The number of allylic oxidation sites excluding steroid dienone is 2. The average Bonchev–Trinajstić information content (AvgIpc) is 2.01. The monoisotopic (exact) mass is 214 g/mol. The van der Waals surface area contributed by atoms with Gasteiger partial charge in [-0.15, -0.1) is 11.8 Å². The standard InChI is InChI=1S/C9H11BrO/c1-2-3-6-9(11)7-4-5-8-10/h4-5,7-9,11H,6H2,1H3/b7-4+,8-5+/t9-/m1/s1. The minimum atomic E-state index is -0.453. The molecule has 0 fully saturated rings. The molecule has 0 heterocycles. The Balaban J connectivity index is 3.64. The fraction of sp³-hybridized carbons (Fsp3) is 0.333. The lowest BCUT2D eigenvalue weighted by molar-refractivity contribution is 0.229. The van der Waals surface area contributed by atoms with Gasteiger partial charge in [0.15, 0.2) is 0 Å². The van der Waals surface area contributed by atoms with Crippen molar-refractivity contribution in [1.82, 2.24) is 0 Å². The Bertz CT molecular complexity index is 195. The average molecular weight is 215 g/mol. The Labute approximate surface area is 75.9 Å². The Hall–Kier alpha value is -0.520. The summed E-state index contributed by atoms with van der Waals surface area (Å²) in [6, 6.07) is 0. The van der Waals surface area contributed by atoms with Crippen LogP contribution in [-0.4, -0.2) is 11.2 Å². The van der Waals surface area contributed by atoms with Crippen LogP contribution in [0.4, 0.5) is 0 Å². The highest BCUT2D eigenvalue weighted by atomic mass is 79.9. The van der Waals surface area contributed by atoms with Crippen molar-refractivity contribution in [3.05, 3.63) is 23.2 Å². The molecule has 1 atom stereocenters. The Morgan fingerprint density at radius 2 is 2.27 bits per heavy atom. The van der Waals surface area contributed by atoms with Gasteiger partial charge in [-0.3, -0.25) is 0 Å². The van der Waals surface area contributed by atoms with Crippen LogP contribution in [0.15, 0.2) is 23.2 Å². The van der Waals surface area contributed by atoms with Crippen LogP contribution < -0.4 is 0 Å². The normalized spacial score (nSPS) is 13.4. The smallest absolute Gasteiger partial charge is 0.0833 e. The maximum atomic E-state index is 9.17. The van der Waals surface area contributed by atoms with Crippen molar-refractivity contribution in [2.24, 2.45) is 0 Å². The molecule has 1 N–H and O–H groups in total. The predicted octanol–water partition coefficient (Wildman–Crippen LogP) is 2.23. The van der Waals surface area contributed by atoms with Crippen LogP contribution in [0.25, 0.3) is 0 Å². The second-order valence-electron chi connectivity index (χ2n) is 1.90. The molecule has 1 nitrogen and oxygen atoms in total. The summed E-state index contributed by atoms with van der Waals surface area (Å²) in [5.74, 6) is 5.51. The van der Waals surface area contributed by atoms with Crippen molar-refractivity contribution in [3.8, 4) is 11.8 Å². The van der Waals surface area contributed by atoms with Gasteiger partial charge in [0, 0.05) is 6.42 Å². The van der Waals surface area contributed by atoms with Crippen LogP contribution >= 0.6 is 15.9 Å². The van der Waals surface area contributed by atoms with Gasteiger partial charge in [-0.05, 0) is 11.9 Å². The fourth-order valence-electron chi connectivity index (χ4n) is 0.509. The first-order chi connectivity index (χ1) is 5.31. The van der Waals surface area contributed by atoms with E-state index in [1.54, 1.807) is 30.1 Å². The molecule has 0 aliphatic rings. The Morgan fingerprint density at radius 1 is 1.55 bits per heavy atom. The van der Waals surface area contributed by atoms with E-state index in [4.69, 9.17) is 5.11 Å². The van der Waals surface area contributed by atoms with E-state index in [0.29, 0.717) is 6.42 Å². The molecule has 0 bridgehead atoms. The van der Waals surface area contributed by atoms with Crippen LogP contribution in [0.3, 0.4) is 0 Å². The third-order valence-corrected chi connectivity index (χ3v) is 1.31. The minimum absolute atomic E-state index is 0.453. The molecule has 0 amide bonds. The number of rotatable bonds is 3. The third kappa shape index (κ3) is 7.38. The first-order valence-corrected chi connectivity index (χ1v) is 4.24. The van der Waals surface area contributed by atoms with Crippen molar-refractivity contribution in [2.45, 2.75) is 19.4 Å². The van der Waals surface area contributed by atoms with E-state index in [9.17, 15) is 0 Å². The van der Waals surface area contributed by atoms with E-state index in [2.05, 4.69) is 27.8 Å². The van der Waals surface area contributed by atoms with E-state index in [1.165, 1.54) is 0 Å². The number of aliphatic hydroxyl groups is 1. The zero-order chi connectivity index (χ0) is 8.53. The topological polar surface area (TPSA) is 20.2 Å². The summed E-state index contributed by atoms with van der Waals surface area (Å²) < 4.78 is 0. The molecule has 11 heavy (non-hydrogen) atoms. The second-order valence-corrected chi connectivity index (χ2v) is 2.43. The molecule has 0 spiro atoms. The van der Waals surface area contributed by atoms with Gasteiger partial charge in [0.25, 0.3) is 0 Å². The van der Waals surface area contributed by atoms with Crippen LogP contribution in [-0.2, 0) is 0 Å². The van der Waals surface area contributed by atoms with Crippen LogP contribution in [0.2, 0.25) is 0 Å². The van der Waals surface area contributed by atoms with Crippen LogP contribution in [0.1, 0.15) is 13.3 Å². The summed E-state index contributed by atoms with van der Waals surface area (Å²) >= 11 is 3.11. The lowest BCUT2D eigenvalue weighted by Crippen LogP contribution is -1.98. The maximum Gasteiger partial charge on any atom is 0.0833 e. The third-order valence-electron chi connectivity index (χ3n) is 1.01. The summed E-state index contributed by atoms with van der Waals surface area (Å²) in [5.41, 5.74) is 0. The van der Waals surface area contributed by atoms with Gasteiger partial charge in [0.05, 0.1) is 6.10 Å². The summed E-state index contributed by atoms with van der Waals surface area (Å²) in [4.78, 5) is 1.72.